The predicted molar refractivity (Wildman–Crippen MR) is 84.8 cm³/mol. The molecule has 0 aliphatic rings. The molecule has 106 valence electrons. The van der Waals surface area contributed by atoms with Crippen LogP contribution in [0, 0.1) is 0 Å². The van der Waals surface area contributed by atoms with Crippen molar-refractivity contribution in [1.29, 1.82) is 0 Å². The zero-order valence-electron chi connectivity index (χ0n) is 11.6. The predicted octanol–water partition coefficient (Wildman–Crippen LogP) is 3.81. The standard InChI is InChI=1S/C14H17BrN4O/c1-9(2)20-11-6-4-10(5-7-11)19-14-12(15)13(16-3)17-8-18-14/h4-9H,1-3H3,(H2,16,17,18,19). The number of nitrogens with one attached hydrogen (secondary N) is 2. The lowest BCUT2D eigenvalue weighted by molar-refractivity contribution is 0.242. The lowest BCUT2D eigenvalue weighted by Gasteiger charge is -2.12. The highest BCUT2D eigenvalue weighted by Crippen LogP contribution is 2.29. The fourth-order valence-electron chi connectivity index (χ4n) is 1.66. The van der Waals surface area contributed by atoms with E-state index in [4.69, 9.17) is 4.74 Å². The Hall–Kier alpha value is -1.82. The summed E-state index contributed by atoms with van der Waals surface area (Å²) in [6, 6.07) is 7.75. The van der Waals surface area contributed by atoms with E-state index in [0.29, 0.717) is 5.82 Å². The van der Waals surface area contributed by atoms with Gasteiger partial charge in [-0.25, -0.2) is 9.97 Å². The molecular weight excluding hydrogens is 320 g/mol. The number of hydrogen-bond acceptors (Lipinski definition) is 5. The van der Waals surface area contributed by atoms with Gasteiger partial charge in [0.1, 0.15) is 28.2 Å². The molecule has 0 unspecified atom stereocenters. The summed E-state index contributed by atoms with van der Waals surface area (Å²) in [5.41, 5.74) is 0.933. The summed E-state index contributed by atoms with van der Waals surface area (Å²) in [6.07, 6.45) is 1.68. The van der Waals surface area contributed by atoms with Crippen molar-refractivity contribution in [1.82, 2.24) is 9.97 Å². The normalized spacial score (nSPS) is 10.4. The molecule has 6 heteroatoms. The van der Waals surface area contributed by atoms with Crippen LogP contribution in [0.1, 0.15) is 13.8 Å². The van der Waals surface area contributed by atoms with Crippen molar-refractivity contribution in [2.24, 2.45) is 0 Å². The van der Waals surface area contributed by atoms with E-state index in [-0.39, 0.29) is 6.10 Å². The number of benzene rings is 1. The van der Waals surface area contributed by atoms with E-state index in [1.54, 1.807) is 0 Å². The molecule has 0 bridgehead atoms. The van der Waals surface area contributed by atoms with Crippen LogP contribution >= 0.6 is 15.9 Å². The van der Waals surface area contributed by atoms with Crippen LogP contribution < -0.4 is 15.4 Å². The Morgan fingerprint density at radius 3 is 2.35 bits per heavy atom. The van der Waals surface area contributed by atoms with Gasteiger partial charge in [-0.1, -0.05) is 0 Å². The van der Waals surface area contributed by atoms with Crippen LogP contribution in [0.15, 0.2) is 35.1 Å². The molecule has 0 aliphatic heterocycles. The molecule has 0 spiro atoms. The summed E-state index contributed by atoms with van der Waals surface area (Å²) in [4.78, 5) is 8.33. The second-order valence-corrected chi connectivity index (χ2v) is 5.24. The van der Waals surface area contributed by atoms with E-state index in [0.717, 1.165) is 21.7 Å². The van der Waals surface area contributed by atoms with Crippen LogP contribution in [0.5, 0.6) is 5.75 Å². The first-order valence-electron chi connectivity index (χ1n) is 6.32. The Labute approximate surface area is 126 Å². The third-order valence-corrected chi connectivity index (χ3v) is 3.27. The molecule has 0 saturated carbocycles. The number of rotatable bonds is 5. The minimum Gasteiger partial charge on any atom is -0.491 e. The molecule has 2 N–H and O–H groups in total. The van der Waals surface area contributed by atoms with Gasteiger partial charge in [-0.15, -0.1) is 0 Å². The SMILES string of the molecule is CNc1ncnc(Nc2ccc(OC(C)C)cc2)c1Br. The van der Waals surface area contributed by atoms with Crippen LogP contribution in [-0.4, -0.2) is 23.1 Å². The van der Waals surface area contributed by atoms with Gasteiger partial charge in [0.15, 0.2) is 0 Å². The van der Waals surface area contributed by atoms with Crippen LogP contribution in [-0.2, 0) is 0 Å². The summed E-state index contributed by atoms with van der Waals surface area (Å²) in [7, 11) is 1.81. The topological polar surface area (TPSA) is 59.1 Å². The minimum atomic E-state index is 0.169. The summed E-state index contributed by atoms with van der Waals surface area (Å²) >= 11 is 3.47. The lowest BCUT2D eigenvalue weighted by atomic mass is 10.3. The molecule has 0 atom stereocenters. The number of anilines is 3. The van der Waals surface area contributed by atoms with Gasteiger partial charge in [0, 0.05) is 12.7 Å². The quantitative estimate of drug-likeness (QED) is 0.869. The summed E-state index contributed by atoms with van der Waals surface area (Å²) in [6.45, 7) is 4.01. The summed E-state index contributed by atoms with van der Waals surface area (Å²) < 4.78 is 6.40. The second kappa shape index (κ2) is 6.56. The number of hydrogen-bond donors (Lipinski definition) is 2. The zero-order chi connectivity index (χ0) is 14.5. The molecule has 0 saturated heterocycles. The molecule has 0 aliphatic carbocycles. The third kappa shape index (κ3) is 3.60. The zero-order valence-corrected chi connectivity index (χ0v) is 13.2. The maximum Gasteiger partial charge on any atom is 0.150 e. The molecule has 0 fully saturated rings. The molecule has 2 aromatic rings. The lowest BCUT2D eigenvalue weighted by Crippen LogP contribution is -2.05. The average molecular weight is 337 g/mol. The van der Waals surface area contributed by atoms with E-state index in [9.17, 15) is 0 Å². The van der Waals surface area contributed by atoms with Gasteiger partial charge in [0.2, 0.25) is 0 Å². The van der Waals surface area contributed by atoms with Crippen molar-refractivity contribution in [2.75, 3.05) is 17.7 Å². The first kappa shape index (κ1) is 14.6. The van der Waals surface area contributed by atoms with Crippen LogP contribution in [0.2, 0.25) is 0 Å². The van der Waals surface area contributed by atoms with Gasteiger partial charge >= 0.3 is 0 Å². The van der Waals surface area contributed by atoms with Gasteiger partial charge in [0.05, 0.1) is 6.10 Å². The smallest absolute Gasteiger partial charge is 0.150 e. The van der Waals surface area contributed by atoms with Gasteiger partial charge in [-0.3, -0.25) is 0 Å². The van der Waals surface area contributed by atoms with Crippen LogP contribution in [0.4, 0.5) is 17.3 Å². The number of halogens is 1. The highest BCUT2D eigenvalue weighted by Gasteiger charge is 2.07. The summed E-state index contributed by atoms with van der Waals surface area (Å²) in [5.74, 6) is 2.30. The molecule has 20 heavy (non-hydrogen) atoms. The van der Waals surface area contributed by atoms with Crippen molar-refractivity contribution >= 4 is 33.3 Å². The van der Waals surface area contributed by atoms with Gasteiger partial charge in [-0.2, -0.15) is 0 Å². The highest BCUT2D eigenvalue weighted by molar-refractivity contribution is 9.10. The fraction of sp³-hybridized carbons (Fsp3) is 0.286. The third-order valence-electron chi connectivity index (χ3n) is 2.52. The number of ether oxygens (including phenoxy) is 1. The summed E-state index contributed by atoms with van der Waals surface area (Å²) in [5, 5.41) is 6.23. The van der Waals surface area contributed by atoms with Crippen molar-refractivity contribution in [3.8, 4) is 5.75 Å². The first-order chi connectivity index (χ1) is 9.60. The van der Waals surface area contributed by atoms with Crippen molar-refractivity contribution in [3.05, 3.63) is 35.1 Å². The maximum atomic E-state index is 5.61. The van der Waals surface area contributed by atoms with Gasteiger partial charge in [-0.05, 0) is 54.0 Å². The van der Waals surface area contributed by atoms with Crippen LogP contribution in [0.3, 0.4) is 0 Å². The minimum absolute atomic E-state index is 0.169. The Morgan fingerprint density at radius 1 is 1.10 bits per heavy atom. The largest absolute Gasteiger partial charge is 0.491 e. The monoisotopic (exact) mass is 336 g/mol. The average Bonchev–Trinajstić information content (AvgIpc) is 2.43. The highest BCUT2D eigenvalue weighted by atomic mass is 79.9. The van der Waals surface area contributed by atoms with Crippen molar-refractivity contribution in [2.45, 2.75) is 20.0 Å². The molecule has 0 amide bonds. The van der Waals surface area contributed by atoms with E-state index in [1.165, 1.54) is 6.33 Å². The van der Waals surface area contributed by atoms with E-state index < -0.39 is 0 Å². The van der Waals surface area contributed by atoms with Gasteiger partial charge in [0.25, 0.3) is 0 Å². The van der Waals surface area contributed by atoms with Crippen molar-refractivity contribution in [3.63, 3.8) is 0 Å². The Balaban J connectivity index is 2.14. The van der Waals surface area contributed by atoms with E-state index in [2.05, 4.69) is 36.5 Å². The Morgan fingerprint density at radius 2 is 1.75 bits per heavy atom. The van der Waals surface area contributed by atoms with E-state index in [1.807, 2.05) is 45.2 Å². The molecular formula is C14H17BrN4O. The molecule has 0 radical (unpaired) electrons. The van der Waals surface area contributed by atoms with Crippen molar-refractivity contribution < 1.29 is 4.74 Å². The molecule has 1 heterocycles. The fourth-order valence-corrected chi connectivity index (χ4v) is 2.16. The van der Waals surface area contributed by atoms with E-state index >= 15 is 0 Å². The Bertz CT molecular complexity index is 572. The maximum absolute atomic E-state index is 5.61. The Kier molecular flexibility index (Phi) is 4.79. The number of nitrogens with zero attached hydrogens (tertiary/aromatic N) is 2. The molecule has 2 rings (SSSR count). The van der Waals surface area contributed by atoms with Crippen LogP contribution in [0.25, 0.3) is 0 Å². The molecule has 1 aromatic heterocycles. The molecule has 5 nitrogen and oxygen atoms in total. The van der Waals surface area contributed by atoms with Gasteiger partial charge < -0.3 is 15.4 Å². The number of aromatic nitrogens is 2. The first-order valence-corrected chi connectivity index (χ1v) is 7.11. The second-order valence-electron chi connectivity index (χ2n) is 4.45. The molecule has 1 aromatic carbocycles.